The summed E-state index contributed by atoms with van der Waals surface area (Å²) in [6.07, 6.45) is 0.114. The Morgan fingerprint density at radius 1 is 1.17 bits per heavy atom. The number of hydrogen-bond donors (Lipinski definition) is 0. The molecule has 1 atom stereocenters. The number of nitro groups is 1. The highest BCUT2D eigenvalue weighted by Crippen LogP contribution is 2.26. The van der Waals surface area contributed by atoms with Crippen LogP contribution in [0, 0.1) is 10.1 Å². The van der Waals surface area contributed by atoms with E-state index < -0.39 is 14.8 Å². The monoisotopic (exact) mass is 335 g/mol. The van der Waals surface area contributed by atoms with E-state index in [0.29, 0.717) is 19.0 Å². The number of ether oxygens (including phenoxy) is 2. The highest BCUT2D eigenvalue weighted by atomic mass is 32.2. The second kappa shape index (κ2) is 5.98. The van der Waals surface area contributed by atoms with Crippen LogP contribution < -0.4 is 4.74 Å². The van der Waals surface area contributed by atoms with Crippen molar-refractivity contribution in [3.05, 3.63) is 58.6 Å². The van der Waals surface area contributed by atoms with Crippen LogP contribution in [0.1, 0.15) is 0 Å². The molecule has 1 aliphatic heterocycles. The average molecular weight is 335 g/mol. The van der Waals surface area contributed by atoms with E-state index in [9.17, 15) is 18.5 Å². The fraction of sp³-hybridized carbons (Fsp3) is 0.200. The van der Waals surface area contributed by atoms with Crippen LogP contribution in [0.2, 0.25) is 0 Å². The highest BCUT2D eigenvalue weighted by molar-refractivity contribution is 7.91. The van der Waals surface area contributed by atoms with Gasteiger partial charge in [0.15, 0.2) is 0 Å². The standard InChI is InChI=1S/C15H13NO6S/c17-16(18)11-2-1-3-15(8-11)23(19,20)14-6-4-12(5-7-14)21-9-13-10-22-13/h1-8,13H,9-10H2. The minimum absolute atomic E-state index is 0.0491. The molecule has 1 heterocycles. The summed E-state index contributed by atoms with van der Waals surface area (Å²) in [6.45, 7) is 1.11. The first-order valence-electron chi connectivity index (χ1n) is 6.81. The first-order chi connectivity index (χ1) is 11.0. The molecule has 1 fully saturated rings. The van der Waals surface area contributed by atoms with Crippen LogP contribution in [0.4, 0.5) is 5.69 Å². The topological polar surface area (TPSA) is 99.0 Å². The number of sulfone groups is 1. The number of nitrogens with zero attached hydrogens (tertiary/aromatic N) is 1. The van der Waals surface area contributed by atoms with Crippen LogP contribution in [0.5, 0.6) is 5.75 Å². The molecule has 0 bridgehead atoms. The summed E-state index contributed by atoms with van der Waals surface area (Å²) >= 11 is 0. The molecular weight excluding hydrogens is 322 g/mol. The number of non-ortho nitro benzene ring substituents is 1. The van der Waals surface area contributed by atoms with E-state index in [0.717, 1.165) is 6.07 Å². The van der Waals surface area contributed by atoms with Gasteiger partial charge in [-0.3, -0.25) is 10.1 Å². The van der Waals surface area contributed by atoms with Gasteiger partial charge in [-0.05, 0) is 30.3 Å². The third kappa shape index (κ3) is 3.49. The molecule has 8 heteroatoms. The van der Waals surface area contributed by atoms with Crippen LogP contribution in [0.3, 0.4) is 0 Å². The minimum Gasteiger partial charge on any atom is -0.491 e. The van der Waals surface area contributed by atoms with E-state index >= 15 is 0 Å². The molecule has 1 unspecified atom stereocenters. The average Bonchev–Trinajstić information content (AvgIpc) is 3.38. The minimum atomic E-state index is -3.82. The number of hydrogen-bond acceptors (Lipinski definition) is 6. The molecule has 2 aromatic rings. The molecule has 1 saturated heterocycles. The molecule has 0 N–H and O–H groups in total. The molecule has 0 aliphatic carbocycles. The molecule has 120 valence electrons. The van der Waals surface area contributed by atoms with E-state index in [-0.39, 0.29) is 21.6 Å². The van der Waals surface area contributed by atoms with E-state index in [1.165, 1.54) is 30.3 Å². The number of nitro benzene ring substituents is 1. The predicted octanol–water partition coefficient (Wildman–Crippen LogP) is 2.21. The Labute approximate surface area is 132 Å². The molecule has 0 spiro atoms. The van der Waals surface area contributed by atoms with Gasteiger partial charge < -0.3 is 9.47 Å². The highest BCUT2D eigenvalue weighted by Gasteiger charge is 2.23. The second-order valence-corrected chi connectivity index (χ2v) is 6.95. The zero-order valence-electron chi connectivity index (χ0n) is 11.9. The van der Waals surface area contributed by atoms with Gasteiger partial charge in [-0.25, -0.2) is 8.42 Å². The maximum Gasteiger partial charge on any atom is 0.270 e. The molecule has 7 nitrogen and oxygen atoms in total. The van der Waals surface area contributed by atoms with E-state index in [1.54, 1.807) is 12.1 Å². The van der Waals surface area contributed by atoms with Crippen molar-refractivity contribution in [2.24, 2.45) is 0 Å². The first-order valence-corrected chi connectivity index (χ1v) is 8.29. The predicted molar refractivity (Wildman–Crippen MR) is 80.2 cm³/mol. The fourth-order valence-electron chi connectivity index (χ4n) is 1.97. The van der Waals surface area contributed by atoms with Crippen molar-refractivity contribution < 1.29 is 22.8 Å². The van der Waals surface area contributed by atoms with Gasteiger partial charge in [-0.1, -0.05) is 6.07 Å². The van der Waals surface area contributed by atoms with Crippen molar-refractivity contribution >= 4 is 15.5 Å². The lowest BCUT2D eigenvalue weighted by Crippen LogP contribution is -2.05. The van der Waals surface area contributed by atoms with Crippen molar-refractivity contribution in [2.75, 3.05) is 13.2 Å². The Kier molecular flexibility index (Phi) is 4.01. The smallest absolute Gasteiger partial charge is 0.270 e. The van der Waals surface area contributed by atoms with Crippen molar-refractivity contribution in [2.45, 2.75) is 15.9 Å². The molecule has 1 aliphatic rings. The van der Waals surface area contributed by atoms with E-state index in [2.05, 4.69) is 0 Å². The van der Waals surface area contributed by atoms with Gasteiger partial charge in [0.25, 0.3) is 5.69 Å². The SMILES string of the molecule is O=[N+]([O-])c1cccc(S(=O)(=O)c2ccc(OCC3CO3)cc2)c1. The van der Waals surface area contributed by atoms with Crippen molar-refractivity contribution in [3.63, 3.8) is 0 Å². The normalized spacial score (nSPS) is 16.8. The fourth-order valence-corrected chi connectivity index (χ4v) is 3.27. The zero-order valence-corrected chi connectivity index (χ0v) is 12.7. The maximum atomic E-state index is 12.5. The van der Waals surface area contributed by atoms with Gasteiger partial charge in [-0.15, -0.1) is 0 Å². The Morgan fingerprint density at radius 3 is 2.48 bits per heavy atom. The summed E-state index contributed by atoms with van der Waals surface area (Å²) in [6, 6.07) is 10.9. The Bertz CT molecular complexity index is 827. The maximum absolute atomic E-state index is 12.5. The second-order valence-electron chi connectivity index (χ2n) is 5.00. The lowest BCUT2D eigenvalue weighted by molar-refractivity contribution is -0.385. The van der Waals surface area contributed by atoms with Crippen LogP contribution in [0.25, 0.3) is 0 Å². The summed E-state index contributed by atoms with van der Waals surface area (Å²) in [4.78, 5) is 10.1. The molecule has 3 rings (SSSR count). The van der Waals surface area contributed by atoms with Crippen molar-refractivity contribution in [3.8, 4) is 5.75 Å². The molecule has 23 heavy (non-hydrogen) atoms. The largest absolute Gasteiger partial charge is 0.491 e. The molecule has 0 saturated carbocycles. The Morgan fingerprint density at radius 2 is 1.87 bits per heavy atom. The van der Waals surface area contributed by atoms with Crippen LogP contribution >= 0.6 is 0 Å². The molecule has 2 aromatic carbocycles. The van der Waals surface area contributed by atoms with Gasteiger partial charge in [0.2, 0.25) is 9.84 Å². The van der Waals surface area contributed by atoms with Gasteiger partial charge in [0.05, 0.1) is 21.3 Å². The number of epoxide rings is 1. The molecular formula is C15H13NO6S. The third-order valence-corrected chi connectivity index (χ3v) is 5.08. The first kappa shape index (κ1) is 15.4. The third-order valence-electron chi connectivity index (χ3n) is 3.31. The van der Waals surface area contributed by atoms with Gasteiger partial charge in [0.1, 0.15) is 18.5 Å². The van der Waals surface area contributed by atoms with Crippen molar-refractivity contribution in [1.29, 1.82) is 0 Å². The Balaban J connectivity index is 1.83. The van der Waals surface area contributed by atoms with Crippen molar-refractivity contribution in [1.82, 2.24) is 0 Å². The molecule has 0 aromatic heterocycles. The summed E-state index contributed by atoms with van der Waals surface area (Å²) in [5, 5.41) is 10.8. The number of rotatable bonds is 6. The quantitative estimate of drug-likeness (QED) is 0.456. The molecule has 0 amide bonds. The van der Waals surface area contributed by atoms with Crippen LogP contribution in [-0.4, -0.2) is 32.7 Å². The lowest BCUT2D eigenvalue weighted by Gasteiger charge is -2.07. The van der Waals surface area contributed by atoms with Gasteiger partial charge >= 0.3 is 0 Å². The summed E-state index contributed by atoms with van der Waals surface area (Å²) in [5.41, 5.74) is -0.268. The summed E-state index contributed by atoms with van der Waals surface area (Å²) < 4.78 is 35.5. The van der Waals surface area contributed by atoms with Gasteiger partial charge in [0, 0.05) is 12.1 Å². The zero-order chi connectivity index (χ0) is 16.4. The lowest BCUT2D eigenvalue weighted by atomic mass is 10.3. The van der Waals surface area contributed by atoms with Gasteiger partial charge in [-0.2, -0.15) is 0 Å². The van der Waals surface area contributed by atoms with Crippen LogP contribution in [0.15, 0.2) is 58.3 Å². The van der Waals surface area contributed by atoms with E-state index in [4.69, 9.17) is 9.47 Å². The summed E-state index contributed by atoms with van der Waals surface area (Å²) in [7, 11) is -3.82. The number of benzene rings is 2. The molecule has 0 radical (unpaired) electrons. The Hall–Kier alpha value is -2.45. The summed E-state index contributed by atoms with van der Waals surface area (Å²) in [5.74, 6) is 0.540. The van der Waals surface area contributed by atoms with Crippen LogP contribution in [-0.2, 0) is 14.6 Å². The van der Waals surface area contributed by atoms with E-state index in [1.807, 2.05) is 0 Å².